The van der Waals surface area contributed by atoms with Crippen molar-refractivity contribution in [1.82, 2.24) is 15.2 Å². The van der Waals surface area contributed by atoms with E-state index in [1.165, 1.54) is 0 Å². The van der Waals surface area contributed by atoms with Crippen LogP contribution in [0, 0.1) is 0 Å². The van der Waals surface area contributed by atoms with Crippen molar-refractivity contribution in [2.75, 3.05) is 0 Å². The highest BCUT2D eigenvalue weighted by molar-refractivity contribution is 5.32. The third-order valence-electron chi connectivity index (χ3n) is 3.96. The van der Waals surface area contributed by atoms with Gasteiger partial charge in [-0.25, -0.2) is 4.98 Å². The maximum atomic E-state index is 12.5. The van der Waals surface area contributed by atoms with Crippen LogP contribution in [0.1, 0.15) is 35.0 Å². The Morgan fingerprint density at radius 2 is 1.36 bits per heavy atom. The Bertz CT molecular complexity index is 748. The van der Waals surface area contributed by atoms with Gasteiger partial charge in [-0.15, -0.1) is 5.10 Å². The fourth-order valence-electron chi connectivity index (χ4n) is 2.73. The van der Waals surface area contributed by atoms with Gasteiger partial charge in [0.15, 0.2) is 0 Å². The number of nitrogens with zero attached hydrogens (tertiary/aromatic N) is 3. The summed E-state index contributed by atoms with van der Waals surface area (Å²) < 4.78 is 37.5. The zero-order valence-corrected chi connectivity index (χ0v) is 13.3. The monoisotopic (exact) mass is 343 g/mol. The molecule has 3 nitrogen and oxygen atoms in total. The summed E-state index contributed by atoms with van der Waals surface area (Å²) in [6, 6.07) is 20.0. The van der Waals surface area contributed by atoms with E-state index in [1.54, 1.807) is 0 Å². The molecule has 25 heavy (non-hydrogen) atoms. The number of hydrogen-bond acceptors (Lipinski definition) is 3. The second-order valence-electron chi connectivity index (χ2n) is 5.68. The Morgan fingerprint density at radius 3 is 1.80 bits per heavy atom. The second-order valence-corrected chi connectivity index (χ2v) is 5.68. The molecule has 0 fully saturated rings. The maximum absolute atomic E-state index is 12.5. The normalized spacial score (nSPS) is 11.7. The Hall–Kier alpha value is -2.76. The molecule has 0 N–H and O–H groups in total. The van der Waals surface area contributed by atoms with Crippen LogP contribution in [0.4, 0.5) is 13.2 Å². The molecule has 0 unspecified atom stereocenters. The molecule has 1 heterocycles. The van der Waals surface area contributed by atoms with Crippen LogP contribution >= 0.6 is 0 Å². The number of alkyl halides is 3. The van der Waals surface area contributed by atoms with Gasteiger partial charge >= 0.3 is 6.18 Å². The minimum Gasteiger partial charge on any atom is -0.229 e. The molecule has 0 saturated carbocycles. The number of halogens is 3. The van der Waals surface area contributed by atoms with Crippen molar-refractivity contribution >= 4 is 0 Å². The van der Waals surface area contributed by atoms with E-state index in [0.29, 0.717) is 18.5 Å². The molecule has 0 atom stereocenters. The highest BCUT2D eigenvalue weighted by Crippen LogP contribution is 2.29. The van der Waals surface area contributed by atoms with Crippen molar-refractivity contribution in [3.05, 3.63) is 89.5 Å². The third kappa shape index (κ3) is 4.41. The predicted octanol–water partition coefficient (Wildman–Crippen LogP) is 4.66. The third-order valence-corrected chi connectivity index (χ3v) is 3.96. The van der Waals surface area contributed by atoms with E-state index in [9.17, 15) is 13.2 Å². The van der Waals surface area contributed by atoms with Crippen LogP contribution in [-0.4, -0.2) is 15.2 Å². The predicted molar refractivity (Wildman–Crippen MR) is 87.9 cm³/mol. The molecule has 0 bridgehead atoms. The molecule has 128 valence electrons. The zero-order valence-electron chi connectivity index (χ0n) is 13.3. The number of benzene rings is 2. The summed E-state index contributed by atoms with van der Waals surface area (Å²) in [6.45, 7) is 0. The minimum absolute atomic E-state index is 0.131. The molecule has 3 aromatic rings. The molecule has 3 rings (SSSR count). The number of hydrogen-bond donors (Lipinski definition) is 0. The van der Waals surface area contributed by atoms with Crippen LogP contribution < -0.4 is 0 Å². The minimum atomic E-state index is -4.57. The first-order valence-corrected chi connectivity index (χ1v) is 7.90. The molecular formula is C19H16F3N3. The van der Waals surface area contributed by atoms with Gasteiger partial charge in [0.25, 0.3) is 5.82 Å². The summed E-state index contributed by atoms with van der Waals surface area (Å²) in [5.41, 5.74) is 2.76. The second kappa shape index (κ2) is 7.42. The summed E-state index contributed by atoms with van der Waals surface area (Å²) in [4.78, 5) is 3.37. The fraction of sp³-hybridized carbons (Fsp3) is 0.211. The summed E-state index contributed by atoms with van der Waals surface area (Å²) in [5.74, 6) is -1.08. The molecule has 6 heteroatoms. The van der Waals surface area contributed by atoms with Gasteiger partial charge in [-0.2, -0.15) is 18.3 Å². The molecule has 1 aromatic heterocycles. The Kier molecular flexibility index (Phi) is 5.07. The Morgan fingerprint density at radius 1 is 0.800 bits per heavy atom. The van der Waals surface area contributed by atoms with Gasteiger partial charge in [0.2, 0.25) is 0 Å². The number of aromatic nitrogens is 3. The molecular weight excluding hydrogens is 327 g/mol. The summed E-state index contributed by atoms with van der Waals surface area (Å²) in [5, 5.41) is 6.86. The lowest BCUT2D eigenvalue weighted by atomic mass is 9.87. The van der Waals surface area contributed by atoms with Crippen molar-refractivity contribution < 1.29 is 13.2 Å². The Labute approximate surface area is 143 Å². The first kappa shape index (κ1) is 17.1. The summed E-state index contributed by atoms with van der Waals surface area (Å²) >= 11 is 0. The largest absolute Gasteiger partial charge is 0.453 e. The first-order chi connectivity index (χ1) is 12.0. The standard InChI is InChI=1S/C19H16F3N3/c20-19(21,22)18-23-13-16(24-25-18)11-12-17(14-7-3-1-4-8-14)15-9-5-2-6-10-15/h1-10,13,17H,11-12H2. The van der Waals surface area contributed by atoms with Gasteiger partial charge in [-0.1, -0.05) is 60.7 Å². The van der Waals surface area contributed by atoms with Crippen molar-refractivity contribution in [2.24, 2.45) is 0 Å². The summed E-state index contributed by atoms with van der Waals surface area (Å²) in [7, 11) is 0. The molecule has 0 saturated heterocycles. The molecule has 0 amide bonds. The van der Waals surface area contributed by atoms with Crippen LogP contribution in [0.5, 0.6) is 0 Å². The average Bonchev–Trinajstić information content (AvgIpc) is 2.63. The SMILES string of the molecule is FC(F)(F)c1ncc(CCC(c2ccccc2)c2ccccc2)nn1. The van der Waals surface area contributed by atoms with Gasteiger partial charge in [0.05, 0.1) is 11.9 Å². The molecule has 0 spiro atoms. The lowest BCUT2D eigenvalue weighted by Gasteiger charge is -2.17. The van der Waals surface area contributed by atoms with E-state index in [4.69, 9.17) is 0 Å². The lowest BCUT2D eigenvalue weighted by Crippen LogP contribution is -2.13. The average molecular weight is 343 g/mol. The van der Waals surface area contributed by atoms with Crippen molar-refractivity contribution in [1.29, 1.82) is 0 Å². The smallest absolute Gasteiger partial charge is 0.229 e. The number of rotatable bonds is 5. The van der Waals surface area contributed by atoms with Gasteiger partial charge in [0.1, 0.15) is 0 Å². The van der Waals surface area contributed by atoms with Crippen LogP contribution in [-0.2, 0) is 12.6 Å². The number of aryl methyl sites for hydroxylation is 1. The van der Waals surface area contributed by atoms with Crippen LogP contribution in [0.25, 0.3) is 0 Å². The molecule has 2 aromatic carbocycles. The quantitative estimate of drug-likeness (QED) is 0.676. The highest BCUT2D eigenvalue weighted by atomic mass is 19.4. The van der Waals surface area contributed by atoms with Gasteiger partial charge < -0.3 is 0 Å². The molecule has 0 aliphatic rings. The van der Waals surface area contributed by atoms with Gasteiger partial charge in [-0.3, -0.25) is 0 Å². The van der Waals surface area contributed by atoms with Crippen molar-refractivity contribution in [2.45, 2.75) is 24.9 Å². The van der Waals surface area contributed by atoms with Crippen LogP contribution in [0.2, 0.25) is 0 Å². The van der Waals surface area contributed by atoms with Gasteiger partial charge in [-0.05, 0) is 24.0 Å². The van der Waals surface area contributed by atoms with Gasteiger partial charge in [0, 0.05) is 5.92 Å². The topological polar surface area (TPSA) is 38.7 Å². The van der Waals surface area contributed by atoms with E-state index in [2.05, 4.69) is 15.2 Å². The Balaban J connectivity index is 1.77. The maximum Gasteiger partial charge on any atom is 0.453 e. The van der Waals surface area contributed by atoms with Crippen molar-refractivity contribution in [3.8, 4) is 0 Å². The van der Waals surface area contributed by atoms with E-state index in [0.717, 1.165) is 17.3 Å². The zero-order chi connectivity index (χ0) is 17.7. The van der Waals surface area contributed by atoms with Crippen LogP contribution in [0.15, 0.2) is 66.9 Å². The molecule has 0 radical (unpaired) electrons. The highest BCUT2D eigenvalue weighted by Gasteiger charge is 2.35. The fourth-order valence-corrected chi connectivity index (χ4v) is 2.73. The molecule has 0 aliphatic carbocycles. The first-order valence-electron chi connectivity index (χ1n) is 7.90. The lowest BCUT2D eigenvalue weighted by molar-refractivity contribution is -0.145. The van der Waals surface area contributed by atoms with E-state index in [1.807, 2.05) is 60.7 Å². The molecule has 0 aliphatic heterocycles. The van der Waals surface area contributed by atoms with Crippen LogP contribution in [0.3, 0.4) is 0 Å². The van der Waals surface area contributed by atoms with Crippen molar-refractivity contribution in [3.63, 3.8) is 0 Å². The summed E-state index contributed by atoms with van der Waals surface area (Å²) in [6.07, 6.45) is -2.21. The van der Waals surface area contributed by atoms with E-state index in [-0.39, 0.29) is 5.92 Å². The van der Waals surface area contributed by atoms with E-state index >= 15 is 0 Å². The van der Waals surface area contributed by atoms with E-state index < -0.39 is 12.0 Å².